The first-order chi connectivity index (χ1) is 14.6. The number of carbonyl (C=O) groups excluding carboxylic acids is 3. The van der Waals surface area contributed by atoms with Crippen molar-refractivity contribution < 1.29 is 14.4 Å². The van der Waals surface area contributed by atoms with Gasteiger partial charge in [0.15, 0.2) is 5.96 Å². The summed E-state index contributed by atoms with van der Waals surface area (Å²) in [6, 6.07) is 0. The largest absolute Gasteiger partial charge is 0.357 e. The number of fused-ring (bicyclic) bond motifs is 5. The van der Waals surface area contributed by atoms with Crippen molar-refractivity contribution in [1.29, 1.82) is 0 Å². The van der Waals surface area contributed by atoms with Gasteiger partial charge in [-0.3, -0.25) is 24.3 Å². The van der Waals surface area contributed by atoms with Crippen molar-refractivity contribution in [2.75, 3.05) is 32.7 Å². The number of likely N-dealkylation sites (tertiary alicyclic amines) is 1. The Balaban J connectivity index is 1.18. The van der Waals surface area contributed by atoms with E-state index in [4.69, 9.17) is 0 Å². The van der Waals surface area contributed by atoms with E-state index < -0.39 is 0 Å². The van der Waals surface area contributed by atoms with Gasteiger partial charge in [0.25, 0.3) is 0 Å². The van der Waals surface area contributed by atoms with Crippen LogP contribution in [-0.2, 0) is 14.4 Å². The molecular formula is C22H33N5O3. The standard InChI is InChI=1S/C22H33N5O3/c1-2-23-22(25-10-4-9-24-19(28)14-5-3-6-14)26-11-12-27-20(29)17-15-7-8-16(13-15)18(17)21(27)30/h7-8,14-18H,2-6,9-13H2,1H3,(H,24,28)(H2,23,25,26). The summed E-state index contributed by atoms with van der Waals surface area (Å²) < 4.78 is 0. The van der Waals surface area contributed by atoms with E-state index >= 15 is 0 Å². The Labute approximate surface area is 177 Å². The second-order valence-corrected chi connectivity index (χ2v) is 8.79. The molecule has 0 aromatic carbocycles. The van der Waals surface area contributed by atoms with Gasteiger partial charge in [0.1, 0.15) is 0 Å². The average Bonchev–Trinajstić information content (AvgIpc) is 3.35. The van der Waals surface area contributed by atoms with Gasteiger partial charge in [0, 0.05) is 38.6 Å². The molecule has 4 rings (SSSR count). The number of nitrogens with zero attached hydrogens (tertiary/aromatic N) is 2. The van der Waals surface area contributed by atoms with Crippen molar-refractivity contribution >= 4 is 23.7 Å². The van der Waals surface area contributed by atoms with Crippen molar-refractivity contribution in [2.45, 2.75) is 39.0 Å². The third-order valence-electron chi connectivity index (χ3n) is 6.91. The number of guanidine groups is 1. The van der Waals surface area contributed by atoms with Crippen molar-refractivity contribution in [1.82, 2.24) is 20.9 Å². The minimum atomic E-state index is -0.135. The van der Waals surface area contributed by atoms with Crippen molar-refractivity contribution in [3.05, 3.63) is 12.2 Å². The molecule has 3 aliphatic carbocycles. The molecule has 164 valence electrons. The monoisotopic (exact) mass is 415 g/mol. The molecule has 3 N–H and O–H groups in total. The van der Waals surface area contributed by atoms with Crippen LogP contribution in [0, 0.1) is 29.6 Å². The van der Waals surface area contributed by atoms with Gasteiger partial charge in [0.05, 0.1) is 11.8 Å². The third kappa shape index (κ3) is 4.09. The average molecular weight is 416 g/mol. The van der Waals surface area contributed by atoms with Crippen molar-refractivity contribution in [3.63, 3.8) is 0 Å². The molecule has 0 aromatic rings. The first-order valence-electron chi connectivity index (χ1n) is 11.4. The highest BCUT2D eigenvalue weighted by molar-refractivity contribution is 6.06. The van der Waals surface area contributed by atoms with E-state index in [-0.39, 0.29) is 47.3 Å². The predicted octanol–water partition coefficient (Wildman–Crippen LogP) is 0.655. The quantitative estimate of drug-likeness (QED) is 0.169. The summed E-state index contributed by atoms with van der Waals surface area (Å²) in [5.74, 6) is 1.27. The Hall–Kier alpha value is -2.38. The molecule has 1 saturated heterocycles. The lowest BCUT2D eigenvalue weighted by molar-refractivity contribution is -0.140. The molecule has 2 saturated carbocycles. The van der Waals surface area contributed by atoms with Crippen LogP contribution in [0.4, 0.5) is 0 Å². The summed E-state index contributed by atoms with van der Waals surface area (Å²) in [6.07, 6.45) is 9.15. The number of amides is 3. The molecule has 30 heavy (non-hydrogen) atoms. The highest BCUT2D eigenvalue weighted by Crippen LogP contribution is 2.52. The van der Waals surface area contributed by atoms with Crippen molar-refractivity contribution in [3.8, 4) is 0 Å². The van der Waals surface area contributed by atoms with Crippen molar-refractivity contribution in [2.24, 2.45) is 34.6 Å². The molecule has 1 heterocycles. The maximum atomic E-state index is 12.7. The number of hydrogen-bond acceptors (Lipinski definition) is 4. The van der Waals surface area contributed by atoms with E-state index in [1.165, 1.54) is 4.90 Å². The number of rotatable bonds is 9. The highest BCUT2D eigenvalue weighted by atomic mass is 16.2. The van der Waals surface area contributed by atoms with E-state index in [1.54, 1.807) is 0 Å². The van der Waals surface area contributed by atoms with Gasteiger partial charge in [0.2, 0.25) is 17.7 Å². The summed E-state index contributed by atoms with van der Waals surface area (Å²) >= 11 is 0. The summed E-state index contributed by atoms with van der Waals surface area (Å²) in [7, 11) is 0. The maximum Gasteiger partial charge on any atom is 0.233 e. The molecule has 8 heteroatoms. The maximum absolute atomic E-state index is 12.7. The van der Waals surface area contributed by atoms with E-state index in [1.807, 2.05) is 6.92 Å². The summed E-state index contributed by atoms with van der Waals surface area (Å²) in [6.45, 7) is 4.80. The first kappa shape index (κ1) is 20.9. The van der Waals surface area contributed by atoms with Gasteiger partial charge in [-0.1, -0.05) is 18.6 Å². The zero-order chi connectivity index (χ0) is 21.1. The second-order valence-electron chi connectivity index (χ2n) is 8.79. The first-order valence-corrected chi connectivity index (χ1v) is 11.4. The molecule has 1 aliphatic heterocycles. The number of imide groups is 1. The van der Waals surface area contributed by atoms with Crippen LogP contribution in [0.3, 0.4) is 0 Å². The van der Waals surface area contributed by atoms with Crippen LogP contribution < -0.4 is 16.0 Å². The van der Waals surface area contributed by atoms with Gasteiger partial charge in [-0.25, -0.2) is 0 Å². The fourth-order valence-electron chi connectivity index (χ4n) is 5.11. The van der Waals surface area contributed by atoms with Crippen LogP contribution >= 0.6 is 0 Å². The zero-order valence-electron chi connectivity index (χ0n) is 17.7. The lowest BCUT2D eigenvalue weighted by Crippen LogP contribution is -2.43. The van der Waals surface area contributed by atoms with Crippen LogP contribution in [0.1, 0.15) is 39.0 Å². The third-order valence-corrected chi connectivity index (χ3v) is 6.91. The Morgan fingerprint density at radius 3 is 2.37 bits per heavy atom. The number of aliphatic imine (C=N–C) groups is 1. The fraction of sp³-hybridized carbons (Fsp3) is 0.727. The molecule has 2 bridgehead atoms. The molecule has 0 spiro atoms. The number of nitrogens with one attached hydrogen (secondary N) is 3. The number of allylic oxidation sites excluding steroid dienone is 2. The zero-order valence-corrected chi connectivity index (χ0v) is 17.7. The molecule has 0 aromatic heterocycles. The number of carbonyl (C=O) groups is 3. The van der Waals surface area contributed by atoms with Crippen LogP contribution in [0.25, 0.3) is 0 Å². The van der Waals surface area contributed by atoms with Gasteiger partial charge in [-0.05, 0) is 44.4 Å². The van der Waals surface area contributed by atoms with Gasteiger partial charge < -0.3 is 16.0 Å². The smallest absolute Gasteiger partial charge is 0.233 e. The highest BCUT2D eigenvalue weighted by Gasteiger charge is 2.58. The SMILES string of the molecule is CCNC(=NCCCNC(=O)C1CCC1)NCCN1C(=O)C2C3C=CC(C3)C2C1=O. The predicted molar refractivity (Wildman–Crippen MR) is 113 cm³/mol. The Kier molecular flexibility index (Phi) is 6.39. The minimum absolute atomic E-state index is 0.00667. The van der Waals surface area contributed by atoms with Gasteiger partial charge >= 0.3 is 0 Å². The van der Waals surface area contributed by atoms with E-state index in [9.17, 15) is 14.4 Å². The summed E-state index contributed by atoms with van der Waals surface area (Å²) in [4.78, 5) is 43.2. The molecule has 3 amide bonds. The Morgan fingerprint density at radius 2 is 1.77 bits per heavy atom. The molecular weight excluding hydrogens is 382 g/mol. The molecule has 4 atom stereocenters. The molecule has 0 radical (unpaired) electrons. The van der Waals surface area contributed by atoms with Crippen LogP contribution in [0.15, 0.2) is 17.1 Å². The van der Waals surface area contributed by atoms with Crippen LogP contribution in [0.5, 0.6) is 0 Å². The number of hydrogen-bond donors (Lipinski definition) is 3. The molecule has 3 fully saturated rings. The summed E-state index contributed by atoms with van der Waals surface area (Å²) in [5, 5.41) is 9.38. The van der Waals surface area contributed by atoms with Crippen LogP contribution in [-0.4, -0.2) is 61.3 Å². The van der Waals surface area contributed by atoms with Gasteiger partial charge in [-0.15, -0.1) is 0 Å². The Bertz CT molecular complexity index is 715. The normalized spacial score (nSPS) is 29.9. The lowest BCUT2D eigenvalue weighted by atomic mass is 9.85. The van der Waals surface area contributed by atoms with Crippen LogP contribution in [0.2, 0.25) is 0 Å². The second kappa shape index (κ2) is 9.18. The summed E-state index contributed by atoms with van der Waals surface area (Å²) in [5.41, 5.74) is 0. The van der Waals surface area contributed by atoms with E-state index in [0.29, 0.717) is 32.1 Å². The van der Waals surface area contributed by atoms with Gasteiger partial charge in [-0.2, -0.15) is 0 Å². The topological polar surface area (TPSA) is 103 Å². The lowest BCUT2D eigenvalue weighted by Gasteiger charge is -2.23. The fourth-order valence-corrected chi connectivity index (χ4v) is 5.11. The Morgan fingerprint density at radius 1 is 1.07 bits per heavy atom. The molecule has 4 unspecified atom stereocenters. The molecule has 4 aliphatic rings. The van der Waals surface area contributed by atoms with E-state index in [0.717, 1.165) is 38.6 Å². The van der Waals surface area contributed by atoms with E-state index in [2.05, 4.69) is 33.1 Å². The molecule has 8 nitrogen and oxygen atoms in total. The minimum Gasteiger partial charge on any atom is -0.357 e.